The zero-order valence-electron chi connectivity index (χ0n) is 13.8. The Kier molecular flexibility index (Phi) is 5.31. The van der Waals surface area contributed by atoms with Crippen LogP contribution in [0.1, 0.15) is 16.8 Å². The molecule has 1 atom stereocenters. The Morgan fingerprint density at radius 1 is 1.19 bits per heavy atom. The fraction of sp³-hybridized carbons (Fsp3) is 0.533. The van der Waals surface area contributed by atoms with E-state index in [9.17, 15) is 26.0 Å². The van der Waals surface area contributed by atoms with Crippen molar-refractivity contribution in [3.63, 3.8) is 0 Å². The first kappa shape index (κ1) is 19.5. The summed E-state index contributed by atoms with van der Waals surface area (Å²) in [5, 5.41) is -0.696. The Labute approximate surface area is 156 Å². The van der Waals surface area contributed by atoms with Crippen molar-refractivity contribution in [3.05, 3.63) is 34.6 Å². The van der Waals surface area contributed by atoms with E-state index < -0.39 is 36.8 Å². The molecule has 2 aliphatic rings. The quantitative estimate of drug-likeness (QED) is 0.714. The van der Waals surface area contributed by atoms with Crippen LogP contribution in [-0.4, -0.2) is 74.9 Å². The largest absolute Gasteiger partial charge is 0.336 e. The zero-order valence-corrected chi connectivity index (χ0v) is 16.2. The van der Waals surface area contributed by atoms with Crippen molar-refractivity contribution >= 4 is 37.4 Å². The molecule has 144 valence electrons. The van der Waals surface area contributed by atoms with Gasteiger partial charge in [0.15, 0.2) is 9.84 Å². The van der Waals surface area contributed by atoms with Gasteiger partial charge in [-0.3, -0.25) is 4.79 Å². The highest BCUT2D eigenvalue weighted by Gasteiger charge is 2.41. The summed E-state index contributed by atoms with van der Waals surface area (Å²) in [4.78, 5) is 13.8. The number of hydrogen-bond acceptors (Lipinski definition) is 5. The van der Waals surface area contributed by atoms with Crippen molar-refractivity contribution in [2.75, 3.05) is 37.7 Å². The van der Waals surface area contributed by atoms with E-state index in [1.807, 2.05) is 0 Å². The summed E-state index contributed by atoms with van der Waals surface area (Å²) in [7, 11) is -7.05. The Morgan fingerprint density at radius 3 is 2.42 bits per heavy atom. The lowest BCUT2D eigenvalue weighted by molar-refractivity contribution is 0.0692. The number of rotatable bonds is 3. The van der Waals surface area contributed by atoms with Gasteiger partial charge in [0.2, 0.25) is 10.0 Å². The van der Waals surface area contributed by atoms with E-state index in [0.29, 0.717) is 0 Å². The van der Waals surface area contributed by atoms with Crippen LogP contribution in [0, 0.1) is 5.82 Å². The summed E-state index contributed by atoms with van der Waals surface area (Å²) < 4.78 is 63.4. The molecule has 1 aromatic rings. The summed E-state index contributed by atoms with van der Waals surface area (Å²) in [6.07, 6.45) is 0.0948. The van der Waals surface area contributed by atoms with Crippen LogP contribution in [0.4, 0.5) is 4.39 Å². The van der Waals surface area contributed by atoms with Gasteiger partial charge in [0, 0.05) is 31.2 Å². The van der Waals surface area contributed by atoms with Crippen LogP contribution in [0.3, 0.4) is 0 Å². The van der Waals surface area contributed by atoms with Crippen molar-refractivity contribution < 1.29 is 26.0 Å². The summed E-state index contributed by atoms with van der Waals surface area (Å²) >= 11 is 5.80. The highest BCUT2D eigenvalue weighted by atomic mass is 35.5. The monoisotopic (exact) mass is 424 g/mol. The van der Waals surface area contributed by atoms with Gasteiger partial charge in [-0.15, -0.1) is 0 Å². The Bertz CT molecular complexity index is 927. The van der Waals surface area contributed by atoms with Crippen LogP contribution in [0.5, 0.6) is 0 Å². The van der Waals surface area contributed by atoms with E-state index in [-0.39, 0.29) is 54.7 Å². The number of carbonyl (C=O) groups is 1. The van der Waals surface area contributed by atoms with E-state index in [1.165, 1.54) is 21.3 Å². The average Bonchev–Trinajstić information content (AvgIpc) is 2.97. The molecule has 0 N–H and O–H groups in total. The predicted octanol–water partition coefficient (Wildman–Crippen LogP) is 0.754. The maximum absolute atomic E-state index is 13.8. The van der Waals surface area contributed by atoms with Gasteiger partial charge in [-0.25, -0.2) is 21.2 Å². The van der Waals surface area contributed by atoms with Crippen LogP contribution >= 0.6 is 11.6 Å². The third-order valence-corrected chi connectivity index (χ3v) is 9.20. The molecule has 1 unspecified atom stereocenters. The van der Waals surface area contributed by atoms with Crippen LogP contribution in [0.25, 0.3) is 0 Å². The van der Waals surface area contributed by atoms with Gasteiger partial charge in [0.25, 0.3) is 5.91 Å². The number of carbonyl (C=O) groups excluding carboxylic acids is 1. The molecular weight excluding hydrogens is 407 g/mol. The summed E-state index contributed by atoms with van der Waals surface area (Å²) in [5.74, 6) is -1.72. The van der Waals surface area contributed by atoms with Crippen LogP contribution in [-0.2, 0) is 19.9 Å². The first-order valence-electron chi connectivity index (χ1n) is 8.04. The average molecular weight is 425 g/mol. The Hall–Kier alpha value is -1.23. The van der Waals surface area contributed by atoms with Gasteiger partial charge in [-0.05, 0) is 24.6 Å². The number of hydrogen-bond donors (Lipinski definition) is 0. The molecule has 0 saturated carbocycles. The van der Waals surface area contributed by atoms with Gasteiger partial charge in [0.1, 0.15) is 5.82 Å². The number of benzene rings is 1. The molecule has 0 bridgehead atoms. The fourth-order valence-corrected chi connectivity index (χ4v) is 7.87. The molecular formula is C15H18ClFN2O5S2. The molecule has 0 spiro atoms. The van der Waals surface area contributed by atoms with Gasteiger partial charge in [0.05, 0.1) is 22.3 Å². The molecule has 1 aromatic carbocycles. The van der Waals surface area contributed by atoms with Crippen molar-refractivity contribution in [2.24, 2.45) is 0 Å². The van der Waals surface area contributed by atoms with Crippen molar-refractivity contribution in [1.82, 2.24) is 9.21 Å². The second-order valence-corrected chi connectivity index (χ2v) is 11.3. The number of piperazine rings is 1. The Balaban J connectivity index is 1.67. The molecule has 0 aromatic heterocycles. The normalized spacial score (nSPS) is 23.9. The first-order chi connectivity index (χ1) is 12.1. The zero-order chi connectivity index (χ0) is 19.1. The minimum Gasteiger partial charge on any atom is -0.336 e. The number of amides is 1. The highest BCUT2D eigenvalue weighted by Crippen LogP contribution is 2.24. The molecule has 2 fully saturated rings. The lowest BCUT2D eigenvalue weighted by Gasteiger charge is -2.35. The molecule has 2 saturated heterocycles. The number of nitrogens with zero attached hydrogens (tertiary/aromatic N) is 2. The van der Waals surface area contributed by atoms with E-state index in [2.05, 4.69) is 0 Å². The first-order valence-corrected chi connectivity index (χ1v) is 11.7. The highest BCUT2D eigenvalue weighted by molar-refractivity contribution is 7.95. The molecule has 0 radical (unpaired) electrons. The molecule has 3 rings (SSSR count). The molecule has 2 aliphatic heterocycles. The van der Waals surface area contributed by atoms with Crippen LogP contribution in [0.2, 0.25) is 5.02 Å². The lowest BCUT2D eigenvalue weighted by Crippen LogP contribution is -2.52. The van der Waals surface area contributed by atoms with Gasteiger partial charge >= 0.3 is 0 Å². The summed E-state index contributed by atoms with van der Waals surface area (Å²) in [5.41, 5.74) is -0.157. The predicted molar refractivity (Wildman–Crippen MR) is 94.9 cm³/mol. The van der Waals surface area contributed by atoms with E-state index in [0.717, 1.165) is 6.07 Å². The number of halogens is 2. The molecule has 1 amide bonds. The minimum atomic E-state index is -3.74. The van der Waals surface area contributed by atoms with Crippen LogP contribution in [0.15, 0.2) is 18.2 Å². The smallest absolute Gasteiger partial charge is 0.256 e. The fourth-order valence-electron chi connectivity index (χ4n) is 3.18. The number of sulfone groups is 1. The van der Waals surface area contributed by atoms with Gasteiger partial charge in [-0.1, -0.05) is 11.6 Å². The maximum atomic E-state index is 13.8. The topological polar surface area (TPSA) is 91.8 Å². The third kappa shape index (κ3) is 3.88. The van der Waals surface area contributed by atoms with Crippen LogP contribution < -0.4 is 0 Å². The van der Waals surface area contributed by atoms with E-state index >= 15 is 0 Å². The third-order valence-electron chi connectivity index (χ3n) is 4.66. The summed E-state index contributed by atoms with van der Waals surface area (Å²) in [6, 6.07) is 3.69. The van der Waals surface area contributed by atoms with Crippen molar-refractivity contribution in [3.8, 4) is 0 Å². The molecule has 26 heavy (non-hydrogen) atoms. The number of sulfonamides is 1. The molecule has 2 heterocycles. The van der Waals surface area contributed by atoms with Gasteiger partial charge < -0.3 is 4.90 Å². The SMILES string of the molecule is O=C(c1cc(Cl)ccc1F)N1CCN(S(=O)(=O)C2CCS(=O)(=O)C2)CC1. The van der Waals surface area contributed by atoms with Gasteiger partial charge in [-0.2, -0.15) is 4.31 Å². The molecule has 0 aliphatic carbocycles. The second kappa shape index (κ2) is 7.06. The lowest BCUT2D eigenvalue weighted by atomic mass is 10.1. The van der Waals surface area contributed by atoms with E-state index in [4.69, 9.17) is 11.6 Å². The standard InChI is InChI=1S/C15H18ClFN2O5S2/c16-11-1-2-14(17)13(9-11)15(20)18-4-6-19(7-5-18)26(23,24)12-3-8-25(21,22)10-12/h1-2,9,12H,3-8,10H2. The van der Waals surface area contributed by atoms with Crippen molar-refractivity contribution in [1.29, 1.82) is 0 Å². The summed E-state index contributed by atoms with van der Waals surface area (Å²) in [6.45, 7) is 0.298. The Morgan fingerprint density at radius 2 is 1.85 bits per heavy atom. The van der Waals surface area contributed by atoms with E-state index in [1.54, 1.807) is 0 Å². The second-order valence-electron chi connectivity index (χ2n) is 6.39. The molecule has 11 heteroatoms. The van der Waals surface area contributed by atoms with Crippen molar-refractivity contribution in [2.45, 2.75) is 11.7 Å². The maximum Gasteiger partial charge on any atom is 0.256 e. The molecule has 7 nitrogen and oxygen atoms in total. The minimum absolute atomic E-state index is 0.0484.